The number of rotatable bonds is 4. The molecule has 2 aromatic carbocycles. The van der Waals surface area contributed by atoms with Crippen molar-refractivity contribution in [3.63, 3.8) is 0 Å². The van der Waals surface area contributed by atoms with Gasteiger partial charge >= 0.3 is 0 Å². The van der Waals surface area contributed by atoms with Crippen LogP contribution in [-0.2, 0) is 10.0 Å². The van der Waals surface area contributed by atoms with Gasteiger partial charge in [-0.3, -0.25) is 0 Å². The molecule has 0 unspecified atom stereocenters. The maximum absolute atomic E-state index is 14.1. The number of ether oxygens (including phenoxy) is 2. The second-order valence-electron chi connectivity index (χ2n) is 7.43. The minimum atomic E-state index is -3.69. The highest BCUT2D eigenvalue weighted by Crippen LogP contribution is 2.37. The lowest BCUT2D eigenvalue weighted by Crippen LogP contribution is -2.39. The molecule has 10 heteroatoms. The van der Waals surface area contributed by atoms with E-state index in [4.69, 9.17) is 9.47 Å². The first-order valence-corrected chi connectivity index (χ1v) is 12.3. The first-order valence-electron chi connectivity index (χ1n) is 10.0. The van der Waals surface area contributed by atoms with Crippen molar-refractivity contribution in [2.24, 2.45) is 0 Å². The second kappa shape index (κ2) is 8.18. The molecule has 0 spiro atoms. The summed E-state index contributed by atoms with van der Waals surface area (Å²) in [5.74, 6) is 0.561. The number of halogens is 1. The van der Waals surface area contributed by atoms with E-state index in [1.807, 2.05) is 0 Å². The summed E-state index contributed by atoms with van der Waals surface area (Å²) in [7, 11) is -3.69. The third-order valence-corrected chi connectivity index (χ3v) is 8.41. The van der Waals surface area contributed by atoms with Gasteiger partial charge in [0, 0.05) is 30.6 Å². The predicted molar refractivity (Wildman–Crippen MR) is 113 cm³/mol. The average molecular weight is 462 g/mol. The van der Waals surface area contributed by atoms with E-state index < -0.39 is 10.0 Å². The Labute approximate surface area is 183 Å². The molecule has 0 N–H and O–H groups in total. The van der Waals surface area contributed by atoms with Crippen LogP contribution in [0.4, 0.5) is 4.39 Å². The van der Waals surface area contributed by atoms with Crippen LogP contribution < -0.4 is 9.47 Å². The average Bonchev–Trinajstić information content (AvgIpc) is 3.29. The fourth-order valence-electron chi connectivity index (χ4n) is 3.84. The van der Waals surface area contributed by atoms with E-state index in [1.165, 1.54) is 27.8 Å². The summed E-state index contributed by atoms with van der Waals surface area (Å²) >= 11 is 1.31. The monoisotopic (exact) mass is 461 g/mol. The zero-order valence-electron chi connectivity index (χ0n) is 16.5. The van der Waals surface area contributed by atoms with Crippen LogP contribution in [-0.4, -0.2) is 49.2 Å². The molecule has 0 saturated carbocycles. The normalized spacial score (nSPS) is 19.3. The number of hydrogen-bond acceptors (Lipinski definition) is 7. The molecule has 1 fully saturated rings. The highest BCUT2D eigenvalue weighted by atomic mass is 32.2. The van der Waals surface area contributed by atoms with Crippen molar-refractivity contribution in [3.8, 4) is 22.1 Å². The van der Waals surface area contributed by atoms with Crippen LogP contribution in [0.3, 0.4) is 0 Å². The number of fused-ring (bicyclic) bond motifs is 1. The molecule has 0 aliphatic carbocycles. The maximum atomic E-state index is 14.1. The SMILES string of the molecule is O=S(=O)(c1ccc2c(c1)OCCO2)N1CCC[C@@H](c2nnc(-c3ccccc3F)s2)C1. The molecule has 0 bridgehead atoms. The van der Waals surface area contributed by atoms with Crippen molar-refractivity contribution in [1.29, 1.82) is 0 Å². The summed E-state index contributed by atoms with van der Waals surface area (Å²) in [5, 5.41) is 9.62. The van der Waals surface area contributed by atoms with E-state index in [1.54, 1.807) is 30.3 Å². The Bertz CT molecular complexity index is 1210. The van der Waals surface area contributed by atoms with Crippen molar-refractivity contribution >= 4 is 21.4 Å². The number of piperidine rings is 1. The van der Waals surface area contributed by atoms with Crippen LogP contribution in [0.5, 0.6) is 11.5 Å². The molecule has 1 aromatic heterocycles. The molecule has 162 valence electrons. The number of aromatic nitrogens is 2. The number of benzene rings is 2. The smallest absolute Gasteiger partial charge is 0.243 e. The van der Waals surface area contributed by atoms with E-state index in [0.29, 0.717) is 54.8 Å². The fourth-order valence-corrected chi connectivity index (χ4v) is 6.37. The molecule has 2 aliphatic heterocycles. The predicted octanol–water partition coefficient (Wildman–Crippen LogP) is 3.68. The van der Waals surface area contributed by atoms with E-state index in [9.17, 15) is 12.8 Å². The van der Waals surface area contributed by atoms with E-state index in [-0.39, 0.29) is 16.6 Å². The maximum Gasteiger partial charge on any atom is 0.243 e. The molecule has 0 amide bonds. The Hall–Kier alpha value is -2.56. The van der Waals surface area contributed by atoms with Crippen LogP contribution in [0, 0.1) is 5.82 Å². The zero-order chi connectivity index (χ0) is 21.4. The molecule has 2 aliphatic rings. The van der Waals surface area contributed by atoms with Crippen molar-refractivity contribution in [1.82, 2.24) is 14.5 Å². The topological polar surface area (TPSA) is 81.6 Å². The Kier molecular flexibility index (Phi) is 5.37. The van der Waals surface area contributed by atoms with Crippen molar-refractivity contribution in [2.75, 3.05) is 26.3 Å². The van der Waals surface area contributed by atoms with Gasteiger partial charge in [0.1, 0.15) is 24.0 Å². The summed E-state index contributed by atoms with van der Waals surface area (Å²) in [4.78, 5) is 0.182. The summed E-state index contributed by atoms with van der Waals surface area (Å²) in [6, 6.07) is 11.1. The van der Waals surface area contributed by atoms with Crippen LogP contribution in [0.1, 0.15) is 23.8 Å². The Morgan fingerprint density at radius 3 is 2.71 bits per heavy atom. The van der Waals surface area contributed by atoms with Gasteiger partial charge in [-0.05, 0) is 37.1 Å². The van der Waals surface area contributed by atoms with Crippen LogP contribution in [0.25, 0.3) is 10.6 Å². The van der Waals surface area contributed by atoms with Crippen molar-refractivity contribution in [2.45, 2.75) is 23.7 Å². The lowest BCUT2D eigenvalue weighted by molar-refractivity contribution is 0.171. The van der Waals surface area contributed by atoms with Gasteiger partial charge in [0.2, 0.25) is 10.0 Å². The fraction of sp³-hybridized carbons (Fsp3) is 0.333. The van der Waals surface area contributed by atoms with Gasteiger partial charge in [-0.1, -0.05) is 23.5 Å². The van der Waals surface area contributed by atoms with Crippen LogP contribution >= 0.6 is 11.3 Å². The van der Waals surface area contributed by atoms with Gasteiger partial charge in [-0.2, -0.15) is 4.31 Å². The third-order valence-electron chi connectivity index (χ3n) is 5.43. The molecule has 31 heavy (non-hydrogen) atoms. The molecular formula is C21H20FN3O4S2. The Balaban J connectivity index is 1.38. The van der Waals surface area contributed by atoms with Gasteiger partial charge in [0.15, 0.2) is 16.5 Å². The first kappa shape index (κ1) is 20.3. The molecule has 3 heterocycles. The summed E-state index contributed by atoms with van der Waals surface area (Å²) in [6.07, 6.45) is 1.52. The highest BCUT2D eigenvalue weighted by Gasteiger charge is 2.33. The van der Waals surface area contributed by atoms with Gasteiger partial charge in [-0.15, -0.1) is 10.2 Å². The molecule has 1 saturated heterocycles. The van der Waals surface area contributed by atoms with E-state index in [0.717, 1.165) is 11.4 Å². The van der Waals surface area contributed by atoms with Crippen LogP contribution in [0.2, 0.25) is 0 Å². The van der Waals surface area contributed by atoms with Gasteiger partial charge < -0.3 is 9.47 Å². The molecule has 7 nitrogen and oxygen atoms in total. The lowest BCUT2D eigenvalue weighted by Gasteiger charge is -2.31. The van der Waals surface area contributed by atoms with Gasteiger partial charge in [-0.25, -0.2) is 12.8 Å². The Morgan fingerprint density at radius 1 is 1.06 bits per heavy atom. The number of nitrogens with zero attached hydrogens (tertiary/aromatic N) is 3. The molecule has 0 radical (unpaired) electrons. The van der Waals surface area contributed by atoms with E-state index in [2.05, 4.69) is 10.2 Å². The Morgan fingerprint density at radius 2 is 1.87 bits per heavy atom. The highest BCUT2D eigenvalue weighted by molar-refractivity contribution is 7.89. The number of sulfonamides is 1. The minimum Gasteiger partial charge on any atom is -0.486 e. The van der Waals surface area contributed by atoms with Crippen LogP contribution in [0.15, 0.2) is 47.4 Å². The number of hydrogen-bond donors (Lipinski definition) is 0. The zero-order valence-corrected chi connectivity index (χ0v) is 18.2. The van der Waals surface area contributed by atoms with Gasteiger partial charge in [0.05, 0.1) is 4.90 Å². The third kappa shape index (κ3) is 3.90. The standard InChI is InChI=1S/C21H20FN3O4S2/c22-17-6-2-1-5-16(17)21-24-23-20(30-21)14-4-3-9-25(13-14)31(26,27)15-7-8-18-19(12-15)29-11-10-28-18/h1-2,5-8,12,14H,3-4,9-11,13H2/t14-/m1/s1. The molecular weight excluding hydrogens is 441 g/mol. The quantitative estimate of drug-likeness (QED) is 0.590. The summed E-state index contributed by atoms with van der Waals surface area (Å²) in [5.41, 5.74) is 0.405. The van der Waals surface area contributed by atoms with E-state index >= 15 is 0 Å². The summed E-state index contributed by atoms with van der Waals surface area (Å²) in [6.45, 7) is 1.59. The van der Waals surface area contributed by atoms with Crippen molar-refractivity contribution in [3.05, 3.63) is 53.3 Å². The second-order valence-corrected chi connectivity index (χ2v) is 10.4. The molecule has 5 rings (SSSR count). The molecule has 3 aromatic rings. The summed E-state index contributed by atoms with van der Waals surface area (Å²) < 4.78 is 53.1. The molecule has 1 atom stereocenters. The van der Waals surface area contributed by atoms with Gasteiger partial charge in [0.25, 0.3) is 0 Å². The first-order chi connectivity index (χ1) is 15.0. The minimum absolute atomic E-state index is 0.0845. The largest absolute Gasteiger partial charge is 0.486 e. The van der Waals surface area contributed by atoms with Crippen molar-refractivity contribution < 1.29 is 22.3 Å². The lowest BCUT2D eigenvalue weighted by atomic mass is 10.0.